The number of aliphatic hydroxyl groups is 1. The van der Waals surface area contributed by atoms with Crippen LogP contribution in [0.5, 0.6) is 5.75 Å². The van der Waals surface area contributed by atoms with E-state index in [9.17, 15) is 5.11 Å². The molecule has 0 bridgehead atoms. The van der Waals surface area contributed by atoms with E-state index in [0.29, 0.717) is 12.3 Å². The van der Waals surface area contributed by atoms with E-state index in [1.54, 1.807) is 0 Å². The zero-order chi connectivity index (χ0) is 14.1. The van der Waals surface area contributed by atoms with Gasteiger partial charge in [0.1, 0.15) is 11.8 Å². The van der Waals surface area contributed by atoms with Gasteiger partial charge in [-0.3, -0.25) is 0 Å². The van der Waals surface area contributed by atoms with E-state index in [1.165, 1.54) is 0 Å². The number of benzene rings is 1. The summed E-state index contributed by atoms with van der Waals surface area (Å²) in [6, 6.07) is 9.58. The average Bonchev–Trinajstić information content (AvgIpc) is 2.48. The van der Waals surface area contributed by atoms with E-state index in [-0.39, 0.29) is 18.8 Å². The maximum absolute atomic E-state index is 9.48. The summed E-state index contributed by atoms with van der Waals surface area (Å²) in [6.45, 7) is 5.07. The molecule has 0 spiro atoms. The van der Waals surface area contributed by atoms with Crippen LogP contribution in [-0.4, -0.2) is 23.9 Å². The van der Waals surface area contributed by atoms with E-state index >= 15 is 0 Å². The summed E-state index contributed by atoms with van der Waals surface area (Å²) in [5, 5.41) is 21.3. The summed E-state index contributed by atoms with van der Waals surface area (Å²) < 4.78 is 5.20. The lowest BCUT2D eigenvalue weighted by molar-refractivity contribution is 0.149. The first-order valence-corrected chi connectivity index (χ1v) is 6.64. The van der Waals surface area contributed by atoms with Gasteiger partial charge in [0.15, 0.2) is 6.61 Å². The second-order valence-corrected chi connectivity index (χ2v) is 4.59. The van der Waals surface area contributed by atoms with Gasteiger partial charge < -0.3 is 15.2 Å². The first-order valence-electron chi connectivity index (χ1n) is 6.64. The Balaban J connectivity index is 2.56. The van der Waals surface area contributed by atoms with Crippen LogP contribution in [0.15, 0.2) is 24.3 Å². The lowest BCUT2D eigenvalue weighted by atomic mass is 9.93. The molecule has 0 aliphatic carbocycles. The summed E-state index contributed by atoms with van der Waals surface area (Å²) in [4.78, 5) is 0. The zero-order valence-corrected chi connectivity index (χ0v) is 11.6. The normalized spacial score (nSPS) is 11.1. The number of ether oxygens (including phenoxy) is 1. The van der Waals surface area contributed by atoms with Crippen molar-refractivity contribution < 1.29 is 9.84 Å². The lowest BCUT2D eigenvalue weighted by Crippen LogP contribution is -2.47. The fraction of sp³-hybridized carbons (Fsp3) is 0.533. The van der Waals surface area contributed by atoms with Crippen LogP contribution < -0.4 is 10.1 Å². The Kier molecular flexibility index (Phi) is 6.34. The molecule has 0 fully saturated rings. The van der Waals surface area contributed by atoms with Crippen molar-refractivity contribution in [2.45, 2.75) is 38.8 Å². The number of rotatable bonds is 8. The van der Waals surface area contributed by atoms with E-state index in [1.807, 2.05) is 30.3 Å². The fourth-order valence-electron chi connectivity index (χ4n) is 1.89. The Labute approximate surface area is 115 Å². The topological polar surface area (TPSA) is 65.3 Å². The van der Waals surface area contributed by atoms with E-state index in [2.05, 4.69) is 19.2 Å². The predicted octanol–water partition coefficient (Wildman–Crippen LogP) is 2.23. The highest BCUT2D eigenvalue weighted by atomic mass is 16.5. The van der Waals surface area contributed by atoms with Crippen LogP contribution in [0.25, 0.3) is 0 Å². The van der Waals surface area contributed by atoms with Crippen molar-refractivity contribution in [3.8, 4) is 11.8 Å². The van der Waals surface area contributed by atoms with Gasteiger partial charge in [-0.15, -0.1) is 0 Å². The highest BCUT2D eigenvalue weighted by molar-refractivity contribution is 5.27. The SMILES string of the molecule is CCC(CC)(CO)NCc1ccc(OCC#N)cc1. The Morgan fingerprint density at radius 3 is 2.37 bits per heavy atom. The summed E-state index contributed by atoms with van der Waals surface area (Å²) in [7, 11) is 0. The van der Waals surface area contributed by atoms with Gasteiger partial charge in [-0.25, -0.2) is 0 Å². The average molecular weight is 262 g/mol. The molecule has 0 radical (unpaired) electrons. The molecule has 0 aliphatic rings. The number of nitrogens with one attached hydrogen (secondary N) is 1. The number of aliphatic hydroxyl groups excluding tert-OH is 1. The van der Waals surface area contributed by atoms with Crippen molar-refractivity contribution in [2.75, 3.05) is 13.2 Å². The van der Waals surface area contributed by atoms with Gasteiger partial charge in [-0.2, -0.15) is 5.26 Å². The molecule has 0 saturated carbocycles. The monoisotopic (exact) mass is 262 g/mol. The smallest absolute Gasteiger partial charge is 0.174 e. The van der Waals surface area contributed by atoms with Crippen LogP contribution in [0, 0.1) is 11.3 Å². The minimum atomic E-state index is -0.198. The number of nitriles is 1. The molecular formula is C15H22N2O2. The second-order valence-electron chi connectivity index (χ2n) is 4.59. The summed E-state index contributed by atoms with van der Waals surface area (Å²) in [6.07, 6.45) is 1.78. The molecule has 0 heterocycles. The van der Waals surface area contributed by atoms with E-state index in [4.69, 9.17) is 10.00 Å². The van der Waals surface area contributed by atoms with Gasteiger partial charge in [0, 0.05) is 12.1 Å². The van der Waals surface area contributed by atoms with Gasteiger partial charge in [0.25, 0.3) is 0 Å². The van der Waals surface area contributed by atoms with Gasteiger partial charge in [0.2, 0.25) is 0 Å². The molecule has 19 heavy (non-hydrogen) atoms. The molecule has 0 saturated heterocycles. The van der Waals surface area contributed by atoms with Crippen molar-refractivity contribution in [1.29, 1.82) is 5.26 Å². The van der Waals surface area contributed by atoms with Crippen LogP contribution in [0.2, 0.25) is 0 Å². The molecule has 1 rings (SSSR count). The van der Waals surface area contributed by atoms with Gasteiger partial charge in [0.05, 0.1) is 6.61 Å². The quantitative estimate of drug-likeness (QED) is 0.754. The summed E-state index contributed by atoms with van der Waals surface area (Å²) >= 11 is 0. The highest BCUT2D eigenvalue weighted by Crippen LogP contribution is 2.16. The largest absolute Gasteiger partial charge is 0.479 e. The Morgan fingerprint density at radius 2 is 1.89 bits per heavy atom. The second kappa shape index (κ2) is 7.78. The Bertz CT molecular complexity index is 397. The molecule has 0 atom stereocenters. The molecule has 0 unspecified atom stereocenters. The van der Waals surface area contributed by atoms with Crippen molar-refractivity contribution >= 4 is 0 Å². The van der Waals surface area contributed by atoms with Crippen LogP contribution in [0.3, 0.4) is 0 Å². The first-order chi connectivity index (χ1) is 9.19. The minimum absolute atomic E-state index is 0.0664. The fourth-order valence-corrected chi connectivity index (χ4v) is 1.89. The van der Waals surface area contributed by atoms with Gasteiger partial charge in [-0.05, 0) is 30.5 Å². The summed E-state index contributed by atoms with van der Waals surface area (Å²) in [5.74, 6) is 0.699. The third-order valence-corrected chi connectivity index (χ3v) is 3.55. The third kappa shape index (κ3) is 4.55. The molecule has 0 aromatic heterocycles. The molecule has 104 valence electrons. The van der Waals surface area contributed by atoms with E-state index < -0.39 is 0 Å². The van der Waals surface area contributed by atoms with Gasteiger partial charge >= 0.3 is 0 Å². The van der Waals surface area contributed by atoms with Crippen molar-refractivity contribution in [1.82, 2.24) is 5.32 Å². The Morgan fingerprint density at radius 1 is 1.26 bits per heavy atom. The lowest BCUT2D eigenvalue weighted by Gasteiger charge is -2.31. The zero-order valence-electron chi connectivity index (χ0n) is 11.6. The van der Waals surface area contributed by atoms with Crippen LogP contribution in [0.4, 0.5) is 0 Å². The molecular weight excluding hydrogens is 240 g/mol. The van der Waals surface area contributed by atoms with Crippen molar-refractivity contribution in [3.05, 3.63) is 29.8 Å². The minimum Gasteiger partial charge on any atom is -0.479 e. The van der Waals surface area contributed by atoms with Crippen molar-refractivity contribution in [2.24, 2.45) is 0 Å². The Hall–Kier alpha value is -1.57. The molecule has 4 nitrogen and oxygen atoms in total. The standard InChI is InChI=1S/C15H22N2O2/c1-3-15(4-2,12-18)17-11-13-5-7-14(8-6-13)19-10-9-16/h5-8,17-18H,3-4,10-12H2,1-2H3. The number of hydrogen-bond acceptors (Lipinski definition) is 4. The molecule has 1 aromatic carbocycles. The predicted molar refractivity (Wildman–Crippen MR) is 74.8 cm³/mol. The maximum Gasteiger partial charge on any atom is 0.174 e. The number of hydrogen-bond donors (Lipinski definition) is 2. The van der Waals surface area contributed by atoms with E-state index in [0.717, 1.165) is 18.4 Å². The van der Waals surface area contributed by atoms with Crippen LogP contribution in [-0.2, 0) is 6.54 Å². The first kappa shape index (κ1) is 15.5. The summed E-state index contributed by atoms with van der Waals surface area (Å²) in [5.41, 5.74) is 0.930. The molecule has 1 aromatic rings. The molecule has 2 N–H and O–H groups in total. The van der Waals surface area contributed by atoms with Crippen LogP contribution in [0.1, 0.15) is 32.3 Å². The third-order valence-electron chi connectivity index (χ3n) is 3.55. The maximum atomic E-state index is 9.48. The van der Waals surface area contributed by atoms with Crippen LogP contribution >= 0.6 is 0 Å². The van der Waals surface area contributed by atoms with Gasteiger partial charge in [-0.1, -0.05) is 26.0 Å². The number of nitrogens with zero attached hydrogens (tertiary/aromatic N) is 1. The van der Waals surface area contributed by atoms with Crippen molar-refractivity contribution in [3.63, 3.8) is 0 Å². The molecule has 0 aliphatic heterocycles. The highest BCUT2D eigenvalue weighted by Gasteiger charge is 2.23. The molecule has 4 heteroatoms. The molecule has 0 amide bonds.